The van der Waals surface area contributed by atoms with Crippen LogP contribution in [0.3, 0.4) is 0 Å². The van der Waals surface area contributed by atoms with Crippen molar-refractivity contribution in [2.75, 3.05) is 6.61 Å². The molecule has 0 bridgehead atoms. The van der Waals surface area contributed by atoms with Crippen LogP contribution in [-0.2, 0) is 5.41 Å². The molecule has 0 atom stereocenters. The van der Waals surface area contributed by atoms with E-state index in [1.165, 1.54) is 4.88 Å². The maximum Gasteiger partial charge on any atom is 0.133 e. The second kappa shape index (κ2) is 3.48. The van der Waals surface area contributed by atoms with E-state index >= 15 is 0 Å². The predicted molar refractivity (Wildman–Crippen MR) is 54.2 cm³/mol. The van der Waals surface area contributed by atoms with Crippen molar-refractivity contribution in [1.29, 1.82) is 0 Å². The summed E-state index contributed by atoms with van der Waals surface area (Å²) in [4.78, 5) is 1.34. The molecule has 0 aliphatic rings. The molecule has 0 aromatic carbocycles. The van der Waals surface area contributed by atoms with Crippen LogP contribution in [0.4, 0.5) is 0 Å². The third-order valence-corrected chi connectivity index (χ3v) is 2.93. The van der Waals surface area contributed by atoms with Gasteiger partial charge in [0.1, 0.15) is 5.75 Å². The minimum Gasteiger partial charge on any atom is -0.493 e. The average molecular weight is 184 g/mol. The number of ether oxygens (including phenoxy) is 1. The number of rotatable bonds is 2. The van der Waals surface area contributed by atoms with Gasteiger partial charge in [-0.1, -0.05) is 20.8 Å². The normalized spacial score (nSPS) is 11.7. The van der Waals surface area contributed by atoms with Crippen molar-refractivity contribution in [3.8, 4) is 5.75 Å². The van der Waals surface area contributed by atoms with Crippen LogP contribution in [0.15, 0.2) is 11.4 Å². The van der Waals surface area contributed by atoms with Gasteiger partial charge in [-0.3, -0.25) is 0 Å². The summed E-state index contributed by atoms with van der Waals surface area (Å²) in [5, 5.41) is 2.09. The maximum atomic E-state index is 5.51. The van der Waals surface area contributed by atoms with Crippen molar-refractivity contribution in [2.24, 2.45) is 0 Å². The largest absolute Gasteiger partial charge is 0.493 e. The first-order valence-electron chi connectivity index (χ1n) is 4.26. The molecule has 0 aliphatic heterocycles. The Balaban J connectivity index is 2.91. The summed E-state index contributed by atoms with van der Waals surface area (Å²) in [7, 11) is 0. The van der Waals surface area contributed by atoms with Crippen molar-refractivity contribution in [1.82, 2.24) is 0 Å². The van der Waals surface area contributed by atoms with E-state index in [0.717, 1.165) is 12.4 Å². The standard InChI is InChI=1S/C10H16OS/c1-5-11-8-6-7-12-9(8)10(2,3)4/h6-7H,5H2,1-4H3. The number of thiophene rings is 1. The molecular weight excluding hydrogens is 168 g/mol. The van der Waals surface area contributed by atoms with Crippen molar-refractivity contribution in [3.63, 3.8) is 0 Å². The lowest BCUT2D eigenvalue weighted by atomic mass is 9.94. The highest BCUT2D eigenvalue weighted by atomic mass is 32.1. The van der Waals surface area contributed by atoms with Gasteiger partial charge in [0.15, 0.2) is 0 Å². The zero-order chi connectivity index (χ0) is 9.19. The van der Waals surface area contributed by atoms with Gasteiger partial charge in [0.25, 0.3) is 0 Å². The molecular formula is C10H16OS. The van der Waals surface area contributed by atoms with Gasteiger partial charge in [0, 0.05) is 0 Å². The fourth-order valence-corrected chi connectivity index (χ4v) is 2.04. The lowest BCUT2D eigenvalue weighted by molar-refractivity contribution is 0.333. The molecule has 1 aromatic rings. The smallest absolute Gasteiger partial charge is 0.133 e. The van der Waals surface area contributed by atoms with E-state index in [4.69, 9.17) is 4.74 Å². The Bertz CT molecular complexity index is 245. The zero-order valence-corrected chi connectivity index (χ0v) is 8.99. The first-order valence-corrected chi connectivity index (χ1v) is 5.14. The minimum atomic E-state index is 0.207. The highest BCUT2D eigenvalue weighted by Crippen LogP contribution is 2.35. The van der Waals surface area contributed by atoms with Crippen LogP contribution in [0.25, 0.3) is 0 Å². The van der Waals surface area contributed by atoms with Crippen molar-refractivity contribution in [2.45, 2.75) is 33.1 Å². The lowest BCUT2D eigenvalue weighted by Crippen LogP contribution is -2.10. The Labute approximate surface area is 78.4 Å². The average Bonchev–Trinajstić information content (AvgIpc) is 2.34. The Morgan fingerprint density at radius 3 is 2.58 bits per heavy atom. The van der Waals surface area contributed by atoms with Crippen LogP contribution in [0, 0.1) is 0 Å². The van der Waals surface area contributed by atoms with E-state index in [1.54, 1.807) is 11.3 Å². The summed E-state index contributed by atoms with van der Waals surface area (Å²) >= 11 is 1.77. The second-order valence-corrected chi connectivity index (χ2v) is 4.71. The highest BCUT2D eigenvalue weighted by Gasteiger charge is 2.19. The lowest BCUT2D eigenvalue weighted by Gasteiger charge is -2.18. The van der Waals surface area contributed by atoms with Gasteiger partial charge < -0.3 is 4.74 Å². The summed E-state index contributed by atoms with van der Waals surface area (Å²) in [5.74, 6) is 1.05. The van der Waals surface area contributed by atoms with Crippen LogP contribution in [0.2, 0.25) is 0 Å². The van der Waals surface area contributed by atoms with Gasteiger partial charge >= 0.3 is 0 Å². The van der Waals surface area contributed by atoms with E-state index in [0.29, 0.717) is 0 Å². The maximum absolute atomic E-state index is 5.51. The minimum absolute atomic E-state index is 0.207. The van der Waals surface area contributed by atoms with Crippen molar-refractivity contribution in [3.05, 3.63) is 16.3 Å². The van der Waals surface area contributed by atoms with E-state index in [-0.39, 0.29) is 5.41 Å². The molecule has 1 heterocycles. The van der Waals surface area contributed by atoms with Crippen molar-refractivity contribution < 1.29 is 4.74 Å². The fraction of sp³-hybridized carbons (Fsp3) is 0.600. The summed E-state index contributed by atoms with van der Waals surface area (Å²) < 4.78 is 5.51. The van der Waals surface area contributed by atoms with Crippen LogP contribution < -0.4 is 4.74 Å². The molecule has 0 N–H and O–H groups in total. The van der Waals surface area contributed by atoms with Gasteiger partial charge in [-0.2, -0.15) is 0 Å². The Kier molecular flexibility index (Phi) is 2.78. The highest BCUT2D eigenvalue weighted by molar-refractivity contribution is 7.10. The molecule has 2 heteroatoms. The summed E-state index contributed by atoms with van der Waals surface area (Å²) in [6.45, 7) is 9.40. The first kappa shape index (κ1) is 9.59. The molecule has 0 spiro atoms. The molecule has 1 aromatic heterocycles. The zero-order valence-electron chi connectivity index (χ0n) is 8.18. The molecule has 0 saturated carbocycles. The molecule has 0 aliphatic carbocycles. The molecule has 0 saturated heterocycles. The van der Waals surface area contributed by atoms with Crippen molar-refractivity contribution >= 4 is 11.3 Å². The molecule has 0 amide bonds. The Morgan fingerprint density at radius 2 is 2.08 bits per heavy atom. The van der Waals surface area contributed by atoms with Gasteiger partial charge in [-0.25, -0.2) is 0 Å². The monoisotopic (exact) mass is 184 g/mol. The number of hydrogen-bond acceptors (Lipinski definition) is 2. The van der Waals surface area contributed by atoms with Gasteiger partial charge in [-0.15, -0.1) is 11.3 Å². The fourth-order valence-electron chi connectivity index (χ4n) is 1.11. The molecule has 1 rings (SSSR count). The SMILES string of the molecule is CCOc1ccsc1C(C)(C)C. The molecule has 1 nitrogen and oxygen atoms in total. The van der Waals surface area contributed by atoms with Gasteiger partial charge in [0.2, 0.25) is 0 Å². The predicted octanol–water partition coefficient (Wildman–Crippen LogP) is 3.44. The van der Waals surface area contributed by atoms with Crippen LogP contribution in [0.1, 0.15) is 32.6 Å². The van der Waals surface area contributed by atoms with Gasteiger partial charge in [-0.05, 0) is 23.8 Å². The molecule has 12 heavy (non-hydrogen) atoms. The number of hydrogen-bond donors (Lipinski definition) is 0. The molecule has 0 radical (unpaired) electrons. The second-order valence-electron chi connectivity index (χ2n) is 3.80. The van der Waals surface area contributed by atoms with E-state index < -0.39 is 0 Å². The molecule has 0 fully saturated rings. The summed E-state index contributed by atoms with van der Waals surface area (Å²) in [5.41, 5.74) is 0.207. The van der Waals surface area contributed by atoms with Crippen LogP contribution in [-0.4, -0.2) is 6.61 Å². The van der Waals surface area contributed by atoms with E-state index in [1.807, 2.05) is 6.92 Å². The topological polar surface area (TPSA) is 9.23 Å². The van der Waals surface area contributed by atoms with Gasteiger partial charge in [0.05, 0.1) is 11.5 Å². The van der Waals surface area contributed by atoms with E-state index in [9.17, 15) is 0 Å². The summed E-state index contributed by atoms with van der Waals surface area (Å²) in [6, 6.07) is 2.05. The Morgan fingerprint density at radius 1 is 1.42 bits per heavy atom. The third-order valence-electron chi connectivity index (χ3n) is 1.61. The third kappa shape index (κ3) is 2.01. The first-order chi connectivity index (χ1) is 5.55. The molecule has 68 valence electrons. The summed E-state index contributed by atoms with van der Waals surface area (Å²) in [6.07, 6.45) is 0. The quantitative estimate of drug-likeness (QED) is 0.684. The molecule has 0 unspecified atom stereocenters. The van der Waals surface area contributed by atoms with E-state index in [2.05, 4.69) is 32.2 Å². The Hall–Kier alpha value is -0.500. The van der Waals surface area contributed by atoms with Crippen LogP contribution in [0.5, 0.6) is 5.75 Å². The van der Waals surface area contributed by atoms with Crippen LogP contribution >= 0.6 is 11.3 Å².